The minimum atomic E-state index is -0.823. The quantitative estimate of drug-likeness (QED) is 0.684. The molecule has 0 spiro atoms. The van der Waals surface area contributed by atoms with Gasteiger partial charge in [0, 0.05) is 13.0 Å². The van der Waals surface area contributed by atoms with Gasteiger partial charge in [0.2, 0.25) is 5.91 Å². The van der Waals surface area contributed by atoms with Crippen LogP contribution in [0, 0.1) is 0 Å². The fourth-order valence-corrected chi connectivity index (χ4v) is 2.03. The van der Waals surface area contributed by atoms with Gasteiger partial charge in [-0.2, -0.15) is 0 Å². The number of unbranched alkanes of at least 4 members (excludes halogenated alkanes) is 2. The van der Waals surface area contributed by atoms with E-state index in [9.17, 15) is 9.59 Å². The molecule has 1 fully saturated rings. The zero-order valence-corrected chi connectivity index (χ0v) is 10.4. The molecule has 0 aromatic carbocycles. The minimum Gasteiger partial charge on any atom is -0.481 e. The highest BCUT2D eigenvalue weighted by Crippen LogP contribution is 2.14. The largest absolute Gasteiger partial charge is 0.481 e. The van der Waals surface area contributed by atoms with Crippen LogP contribution in [-0.2, 0) is 14.3 Å². The summed E-state index contributed by atoms with van der Waals surface area (Å²) in [4.78, 5) is 24.0. The lowest BCUT2D eigenvalue weighted by Gasteiger charge is -2.35. The Morgan fingerprint density at radius 1 is 1.53 bits per heavy atom. The van der Waals surface area contributed by atoms with Crippen LogP contribution >= 0.6 is 0 Å². The molecular weight excluding hydrogens is 222 g/mol. The predicted octanol–water partition coefficient (Wildman–Crippen LogP) is 1.27. The number of morpholine rings is 1. The molecule has 17 heavy (non-hydrogen) atoms. The fraction of sp³-hybridized carbons (Fsp3) is 0.833. The fourth-order valence-electron chi connectivity index (χ4n) is 2.03. The number of hydrogen-bond donors (Lipinski definition) is 1. The number of amides is 1. The van der Waals surface area contributed by atoms with E-state index in [0.717, 1.165) is 25.8 Å². The van der Waals surface area contributed by atoms with Gasteiger partial charge in [0.25, 0.3) is 0 Å². The SMILES string of the molecule is CCCCCN1C(=O)COCC1CCC(=O)O. The van der Waals surface area contributed by atoms with Crippen molar-refractivity contribution in [1.82, 2.24) is 4.90 Å². The Kier molecular flexibility index (Phi) is 5.97. The Hall–Kier alpha value is -1.10. The van der Waals surface area contributed by atoms with Gasteiger partial charge in [-0.3, -0.25) is 9.59 Å². The Bertz CT molecular complexity index is 267. The first kappa shape index (κ1) is 14.0. The number of hydrogen-bond acceptors (Lipinski definition) is 3. The lowest BCUT2D eigenvalue weighted by molar-refractivity contribution is -0.150. The third kappa shape index (κ3) is 4.73. The number of carbonyl (C=O) groups excluding carboxylic acids is 1. The van der Waals surface area contributed by atoms with Crippen LogP contribution in [0.15, 0.2) is 0 Å². The molecule has 0 aromatic heterocycles. The highest BCUT2D eigenvalue weighted by Gasteiger charge is 2.28. The molecule has 1 unspecified atom stereocenters. The van der Waals surface area contributed by atoms with Crippen LogP contribution in [-0.4, -0.2) is 47.7 Å². The molecule has 1 amide bonds. The van der Waals surface area contributed by atoms with Crippen LogP contribution in [0.5, 0.6) is 0 Å². The number of aliphatic carboxylic acids is 1. The molecule has 98 valence electrons. The number of ether oxygens (including phenoxy) is 1. The molecule has 1 aliphatic heterocycles. The summed E-state index contributed by atoms with van der Waals surface area (Å²) in [6.45, 7) is 3.43. The number of carboxylic acid groups (broad SMARTS) is 1. The van der Waals surface area contributed by atoms with Crippen molar-refractivity contribution in [3.05, 3.63) is 0 Å². The molecule has 1 N–H and O–H groups in total. The van der Waals surface area contributed by atoms with Gasteiger partial charge >= 0.3 is 5.97 Å². The monoisotopic (exact) mass is 243 g/mol. The lowest BCUT2D eigenvalue weighted by atomic mass is 10.1. The van der Waals surface area contributed by atoms with Crippen molar-refractivity contribution < 1.29 is 19.4 Å². The summed E-state index contributed by atoms with van der Waals surface area (Å²) in [5.41, 5.74) is 0. The average Bonchev–Trinajstić information content (AvgIpc) is 2.29. The Labute approximate surface area is 102 Å². The van der Waals surface area contributed by atoms with E-state index >= 15 is 0 Å². The molecule has 1 atom stereocenters. The van der Waals surface area contributed by atoms with E-state index < -0.39 is 5.97 Å². The first-order valence-electron chi connectivity index (χ1n) is 6.24. The molecule has 0 aliphatic carbocycles. The third-order valence-electron chi connectivity index (χ3n) is 2.99. The van der Waals surface area contributed by atoms with Crippen molar-refractivity contribution >= 4 is 11.9 Å². The van der Waals surface area contributed by atoms with E-state index in [1.165, 1.54) is 0 Å². The zero-order valence-electron chi connectivity index (χ0n) is 10.4. The average molecular weight is 243 g/mol. The van der Waals surface area contributed by atoms with Gasteiger partial charge in [0.05, 0.1) is 12.6 Å². The van der Waals surface area contributed by atoms with E-state index in [1.807, 2.05) is 0 Å². The van der Waals surface area contributed by atoms with E-state index in [0.29, 0.717) is 13.0 Å². The Morgan fingerprint density at radius 3 is 2.94 bits per heavy atom. The normalized spacial score (nSPS) is 20.6. The maximum absolute atomic E-state index is 11.7. The molecule has 1 rings (SSSR count). The summed E-state index contributed by atoms with van der Waals surface area (Å²) in [6, 6.07) is -0.0655. The predicted molar refractivity (Wildman–Crippen MR) is 62.7 cm³/mol. The molecule has 0 radical (unpaired) electrons. The summed E-state index contributed by atoms with van der Waals surface area (Å²) in [7, 11) is 0. The molecule has 5 nitrogen and oxygen atoms in total. The van der Waals surface area contributed by atoms with Crippen molar-refractivity contribution in [2.45, 2.75) is 45.1 Å². The van der Waals surface area contributed by atoms with E-state index in [2.05, 4.69) is 6.92 Å². The summed E-state index contributed by atoms with van der Waals surface area (Å²) >= 11 is 0. The van der Waals surface area contributed by atoms with Gasteiger partial charge in [-0.05, 0) is 12.8 Å². The van der Waals surface area contributed by atoms with Crippen LogP contribution in [0.2, 0.25) is 0 Å². The maximum atomic E-state index is 11.7. The second-order valence-corrected chi connectivity index (χ2v) is 4.40. The number of carboxylic acids is 1. The van der Waals surface area contributed by atoms with Crippen LogP contribution in [0.4, 0.5) is 0 Å². The van der Waals surface area contributed by atoms with Gasteiger partial charge in [0.15, 0.2) is 0 Å². The second-order valence-electron chi connectivity index (χ2n) is 4.40. The van der Waals surface area contributed by atoms with Gasteiger partial charge in [-0.1, -0.05) is 19.8 Å². The molecule has 1 aliphatic rings. The number of carbonyl (C=O) groups is 2. The van der Waals surface area contributed by atoms with Crippen LogP contribution < -0.4 is 0 Å². The summed E-state index contributed by atoms with van der Waals surface area (Å²) in [5, 5.41) is 8.67. The smallest absolute Gasteiger partial charge is 0.303 e. The summed E-state index contributed by atoms with van der Waals surface area (Å²) in [6.07, 6.45) is 3.75. The van der Waals surface area contributed by atoms with Gasteiger partial charge in [0.1, 0.15) is 6.61 Å². The Balaban J connectivity index is 2.45. The molecule has 5 heteroatoms. The van der Waals surface area contributed by atoms with Crippen molar-refractivity contribution in [3.63, 3.8) is 0 Å². The van der Waals surface area contributed by atoms with E-state index in [4.69, 9.17) is 9.84 Å². The summed E-state index contributed by atoms with van der Waals surface area (Å²) in [5.74, 6) is -0.834. The van der Waals surface area contributed by atoms with Gasteiger partial charge < -0.3 is 14.7 Å². The Morgan fingerprint density at radius 2 is 2.29 bits per heavy atom. The number of rotatable bonds is 7. The highest BCUT2D eigenvalue weighted by molar-refractivity contribution is 5.78. The lowest BCUT2D eigenvalue weighted by Crippen LogP contribution is -2.49. The van der Waals surface area contributed by atoms with E-state index in [1.54, 1.807) is 4.90 Å². The molecule has 0 bridgehead atoms. The summed E-state index contributed by atoms with van der Waals surface area (Å²) < 4.78 is 5.18. The zero-order chi connectivity index (χ0) is 12.7. The van der Waals surface area contributed by atoms with Gasteiger partial charge in [-0.25, -0.2) is 0 Å². The van der Waals surface area contributed by atoms with E-state index in [-0.39, 0.29) is 25.0 Å². The van der Waals surface area contributed by atoms with Crippen LogP contribution in [0.1, 0.15) is 39.0 Å². The van der Waals surface area contributed by atoms with Gasteiger partial charge in [-0.15, -0.1) is 0 Å². The third-order valence-corrected chi connectivity index (χ3v) is 2.99. The standard InChI is InChI=1S/C12H21NO4/c1-2-3-4-7-13-10(5-6-12(15)16)8-17-9-11(13)14/h10H,2-9H2,1H3,(H,15,16). The second kappa shape index (κ2) is 7.27. The molecule has 0 aromatic rings. The van der Waals surface area contributed by atoms with Crippen molar-refractivity contribution in [1.29, 1.82) is 0 Å². The van der Waals surface area contributed by atoms with Crippen molar-refractivity contribution in [3.8, 4) is 0 Å². The van der Waals surface area contributed by atoms with Crippen molar-refractivity contribution in [2.24, 2.45) is 0 Å². The molecule has 0 saturated carbocycles. The first-order chi connectivity index (χ1) is 8.15. The molecule has 1 saturated heterocycles. The van der Waals surface area contributed by atoms with Crippen LogP contribution in [0.3, 0.4) is 0 Å². The van der Waals surface area contributed by atoms with Crippen LogP contribution in [0.25, 0.3) is 0 Å². The minimum absolute atomic E-state index is 0.0114. The molecule has 1 heterocycles. The maximum Gasteiger partial charge on any atom is 0.303 e. The topological polar surface area (TPSA) is 66.8 Å². The highest BCUT2D eigenvalue weighted by atomic mass is 16.5. The molecular formula is C12H21NO4. The number of nitrogens with zero attached hydrogens (tertiary/aromatic N) is 1. The first-order valence-corrected chi connectivity index (χ1v) is 6.24. The van der Waals surface area contributed by atoms with Crippen molar-refractivity contribution in [2.75, 3.05) is 19.8 Å².